The molecule has 0 aromatic carbocycles. The smallest absolute Gasteiger partial charge is 0.790 e. The summed E-state index contributed by atoms with van der Waals surface area (Å²) in [4.78, 5) is 43.3. The number of aliphatic hydroxyl groups is 1. The standard InChI is InChI=1S/C20H41O8P.C12H4OS.2Na.7H2/c1-2-3-4-5-6-7-8-9-10-11-12-13-14-15-20(22)28-19(16-26-18-21)17-27-29(23,24)25;1-3-4-5-6-7-8-9-10-11-14-12(2)13;;;;;;;;;/h19,21H,2-18H2,1H3,(H2,23,24,25);1H,2H3;;;7*1H/q;;2*+1;;;;;;;/p-2/t19-;;;;;;;;;;/m0........../s1. The molecule has 0 fully saturated rings. The van der Waals surface area contributed by atoms with Crippen molar-refractivity contribution in [1.29, 1.82) is 0 Å². The Hall–Kier alpha value is -0.680. The van der Waals surface area contributed by atoms with E-state index < -0.39 is 33.3 Å². The van der Waals surface area contributed by atoms with E-state index in [1.54, 1.807) is 0 Å². The molecule has 0 aliphatic carbocycles. The zero-order chi connectivity index (χ0) is 32.4. The van der Waals surface area contributed by atoms with Crippen molar-refractivity contribution in [2.45, 2.75) is 110 Å². The van der Waals surface area contributed by atoms with Crippen LogP contribution in [0.2, 0.25) is 0 Å². The molecule has 0 spiro atoms. The molecule has 0 heterocycles. The molecular weight excluding hydrogens is 637 g/mol. The predicted octanol–water partition coefficient (Wildman–Crippen LogP) is -0.208. The van der Waals surface area contributed by atoms with Crippen molar-refractivity contribution in [1.82, 2.24) is 0 Å². The van der Waals surface area contributed by atoms with Crippen LogP contribution in [0.15, 0.2) is 0 Å². The first-order valence-corrected chi connectivity index (χ1v) is 16.6. The fraction of sp³-hybridized carbons (Fsp3) is 0.625. The summed E-state index contributed by atoms with van der Waals surface area (Å²) in [5, 5.41) is 11.1. The predicted molar refractivity (Wildman–Crippen MR) is 180 cm³/mol. The Morgan fingerprint density at radius 3 is 1.73 bits per heavy atom. The third kappa shape index (κ3) is 47.8. The molecule has 13 heteroatoms. The van der Waals surface area contributed by atoms with Gasteiger partial charge in [-0.1, -0.05) is 84.0 Å². The van der Waals surface area contributed by atoms with Crippen LogP contribution < -0.4 is 68.9 Å². The number of rotatable bonds is 21. The maximum Gasteiger partial charge on any atom is 1.00 e. The Kier molecular flexibility index (Phi) is 44.9. The fourth-order valence-electron chi connectivity index (χ4n) is 3.32. The average molecular weight is 695 g/mol. The van der Waals surface area contributed by atoms with Gasteiger partial charge in [-0.15, -0.1) is 6.42 Å². The Morgan fingerprint density at radius 1 is 0.822 bits per heavy atom. The number of carbonyl (C=O) groups is 2. The van der Waals surface area contributed by atoms with Crippen molar-refractivity contribution in [2.75, 3.05) is 20.0 Å². The number of thioether (sulfide) groups is 1. The van der Waals surface area contributed by atoms with Crippen molar-refractivity contribution in [3.63, 3.8) is 0 Å². The van der Waals surface area contributed by atoms with Crippen LogP contribution in [0.25, 0.3) is 0 Å². The van der Waals surface area contributed by atoms with Crippen LogP contribution >= 0.6 is 19.6 Å². The first-order valence-electron chi connectivity index (χ1n) is 14.3. The molecule has 0 unspecified atom stereocenters. The van der Waals surface area contributed by atoms with Crippen molar-refractivity contribution in [3.8, 4) is 59.0 Å². The molecule has 1 N–H and O–H groups in total. The minimum atomic E-state index is -5.16. The van der Waals surface area contributed by atoms with E-state index in [-0.39, 0.29) is 87.2 Å². The molecule has 0 rings (SSSR count). The van der Waals surface area contributed by atoms with Gasteiger partial charge in [-0.05, 0) is 59.0 Å². The number of phosphoric acid groups is 1. The molecular formula is C32H57Na2O9PS. The quantitative estimate of drug-likeness (QED) is 0.0428. The van der Waals surface area contributed by atoms with Gasteiger partial charge in [-0.2, -0.15) is 0 Å². The SMILES string of the molecule is C#CC#CC#CC#CC#CSC(C)=O.CCCCCCCCCCCCCCCC(=O)O[C@@H](COCO)COP(=O)([O-])[O-].[HH].[HH].[HH].[HH].[HH].[HH].[HH].[Na+].[Na+]. The molecule has 45 heavy (non-hydrogen) atoms. The second kappa shape index (κ2) is 39.5. The summed E-state index contributed by atoms with van der Waals surface area (Å²) in [7, 11) is -5.16. The van der Waals surface area contributed by atoms with Gasteiger partial charge in [-0.3, -0.25) is 9.59 Å². The number of hydrogen-bond donors (Lipinski definition) is 1. The number of terminal acetylenes is 1. The van der Waals surface area contributed by atoms with Gasteiger partial charge in [0.1, 0.15) is 12.9 Å². The number of ether oxygens (including phenoxy) is 2. The molecule has 252 valence electrons. The number of unbranched alkanes of at least 4 members (excludes halogenated alkanes) is 12. The van der Waals surface area contributed by atoms with E-state index in [4.69, 9.17) is 16.3 Å². The summed E-state index contributed by atoms with van der Waals surface area (Å²) in [6, 6.07) is 0. The minimum Gasteiger partial charge on any atom is -0.790 e. The van der Waals surface area contributed by atoms with Crippen LogP contribution in [0.3, 0.4) is 0 Å². The van der Waals surface area contributed by atoms with Crippen molar-refractivity contribution >= 4 is 30.7 Å². The zero-order valence-electron chi connectivity index (χ0n) is 27.2. The molecule has 0 saturated heterocycles. The maximum absolute atomic E-state index is 11.8. The first-order chi connectivity index (χ1) is 20.7. The van der Waals surface area contributed by atoms with Gasteiger partial charge in [-0.25, -0.2) is 0 Å². The molecule has 0 saturated carbocycles. The van der Waals surface area contributed by atoms with E-state index in [0.29, 0.717) is 6.42 Å². The molecule has 0 aromatic heterocycles. The van der Waals surface area contributed by atoms with E-state index in [1.807, 2.05) is 0 Å². The molecule has 0 aliphatic rings. The van der Waals surface area contributed by atoms with E-state index >= 15 is 0 Å². The molecule has 0 radical (unpaired) electrons. The average Bonchev–Trinajstić information content (AvgIpc) is 2.95. The van der Waals surface area contributed by atoms with Crippen molar-refractivity contribution < 1.29 is 112 Å². The molecule has 1 atom stereocenters. The second-order valence-electron chi connectivity index (χ2n) is 9.06. The summed E-state index contributed by atoms with van der Waals surface area (Å²) < 4.78 is 24.4. The fourth-order valence-corrected chi connectivity index (χ4v) is 3.92. The van der Waals surface area contributed by atoms with Crippen LogP contribution in [-0.4, -0.2) is 42.3 Å². The molecule has 0 amide bonds. The van der Waals surface area contributed by atoms with E-state index in [0.717, 1.165) is 31.0 Å². The number of esters is 1. The summed E-state index contributed by atoms with van der Waals surface area (Å²) in [5.74, 6) is 18.5. The summed E-state index contributed by atoms with van der Waals surface area (Å²) in [6.07, 6.45) is 19.7. The van der Waals surface area contributed by atoms with Gasteiger partial charge >= 0.3 is 65.1 Å². The van der Waals surface area contributed by atoms with E-state index in [1.165, 1.54) is 64.7 Å². The van der Waals surface area contributed by atoms with Crippen LogP contribution in [-0.2, 0) is 28.2 Å². The Bertz CT molecular complexity index is 1140. The molecule has 0 aromatic rings. The summed E-state index contributed by atoms with van der Waals surface area (Å²) in [6.45, 7) is 2.19. The minimum absolute atomic E-state index is 0. The Labute approximate surface area is 329 Å². The van der Waals surface area contributed by atoms with E-state index in [9.17, 15) is 23.9 Å². The third-order valence-corrected chi connectivity index (χ3v) is 6.25. The van der Waals surface area contributed by atoms with Gasteiger partial charge in [0.05, 0.1) is 21.0 Å². The van der Waals surface area contributed by atoms with Crippen LogP contribution in [0.4, 0.5) is 0 Å². The van der Waals surface area contributed by atoms with Gasteiger partial charge in [0, 0.05) is 35.1 Å². The van der Waals surface area contributed by atoms with Crippen LogP contribution in [0.1, 0.15) is 114 Å². The van der Waals surface area contributed by atoms with Crippen LogP contribution in [0.5, 0.6) is 0 Å². The maximum atomic E-state index is 11.8. The number of carbonyl (C=O) groups excluding carboxylic acids is 2. The molecule has 9 nitrogen and oxygen atoms in total. The topological polar surface area (TPSA) is 145 Å². The second-order valence-corrected chi connectivity index (χ2v) is 11.2. The van der Waals surface area contributed by atoms with E-state index in [2.05, 4.69) is 68.8 Å². The normalized spacial score (nSPS) is 9.87. The van der Waals surface area contributed by atoms with Crippen molar-refractivity contribution in [2.24, 2.45) is 0 Å². The number of phosphoric ester groups is 1. The molecule has 0 aliphatic heterocycles. The largest absolute Gasteiger partial charge is 1.00 e. The summed E-state index contributed by atoms with van der Waals surface area (Å²) in [5.41, 5.74) is 0. The van der Waals surface area contributed by atoms with Crippen LogP contribution in [0, 0.1) is 59.0 Å². The van der Waals surface area contributed by atoms with Gasteiger partial charge in [0.25, 0.3) is 0 Å². The first kappa shape index (κ1) is 51.2. The Morgan fingerprint density at radius 2 is 1.29 bits per heavy atom. The third-order valence-electron chi connectivity index (χ3n) is 5.29. The number of aliphatic hydroxyl groups excluding tert-OH is 1. The summed E-state index contributed by atoms with van der Waals surface area (Å²) >= 11 is 0.898. The van der Waals surface area contributed by atoms with Gasteiger partial charge < -0.3 is 33.5 Å². The van der Waals surface area contributed by atoms with Gasteiger partial charge in [0.15, 0.2) is 5.12 Å². The van der Waals surface area contributed by atoms with Gasteiger partial charge in [0.2, 0.25) is 0 Å². The monoisotopic (exact) mass is 694 g/mol. The number of hydrogen-bond acceptors (Lipinski definition) is 10. The zero-order valence-corrected chi connectivity index (χ0v) is 33.0. The molecule has 0 bridgehead atoms. The Balaban J connectivity index is -0.0000000710. The van der Waals surface area contributed by atoms with Crippen molar-refractivity contribution in [3.05, 3.63) is 0 Å².